The molecule has 0 aromatic carbocycles. The van der Waals surface area contributed by atoms with E-state index in [9.17, 15) is 9.59 Å². The van der Waals surface area contributed by atoms with Crippen LogP contribution in [0.2, 0.25) is 0 Å². The van der Waals surface area contributed by atoms with Crippen molar-refractivity contribution in [2.24, 2.45) is 34.5 Å². The third kappa shape index (κ3) is 5.18. The molecule has 10 atom stereocenters. The van der Waals surface area contributed by atoms with E-state index in [0.29, 0.717) is 36.1 Å². The Kier molecular flexibility index (Phi) is 8.30. The zero-order chi connectivity index (χ0) is 29.0. The topological polar surface area (TPSA) is 65.1 Å². The number of hydrogen-bond donors (Lipinski definition) is 0. The Morgan fingerprint density at radius 2 is 1.71 bits per heavy atom. The highest BCUT2D eigenvalue weighted by molar-refractivity contribution is 5.69. The van der Waals surface area contributed by atoms with Crippen LogP contribution in [0.3, 0.4) is 0 Å². The van der Waals surface area contributed by atoms with E-state index < -0.39 is 0 Å². The highest BCUT2D eigenvalue weighted by Gasteiger charge is 2.67. The Labute approximate surface area is 248 Å². The van der Waals surface area contributed by atoms with Crippen LogP contribution in [-0.4, -0.2) is 92.1 Å². The second kappa shape index (κ2) is 11.4. The Bertz CT molecular complexity index is 976. The summed E-state index contributed by atoms with van der Waals surface area (Å²) in [5.74, 6) is 2.48. The Hall–Kier alpha value is -1.18. The van der Waals surface area contributed by atoms with Gasteiger partial charge in [0.15, 0.2) is 6.10 Å². The molecule has 0 bridgehead atoms. The lowest BCUT2D eigenvalue weighted by Gasteiger charge is -2.62. The van der Waals surface area contributed by atoms with E-state index in [1.807, 2.05) is 0 Å². The number of quaternary nitrogens is 1. The monoisotopic (exact) mass is 573 g/mol. The summed E-state index contributed by atoms with van der Waals surface area (Å²) in [5, 5.41) is 0. The molecule has 6 aliphatic rings. The molecule has 6 fully saturated rings. The van der Waals surface area contributed by atoms with Crippen LogP contribution in [-0.2, 0) is 23.8 Å². The van der Waals surface area contributed by atoms with Crippen molar-refractivity contribution < 1.29 is 28.3 Å². The number of nitrogens with zero attached hydrogens (tertiary/aromatic N) is 2. The van der Waals surface area contributed by atoms with Crippen LogP contribution in [0.25, 0.3) is 0 Å². The van der Waals surface area contributed by atoms with Gasteiger partial charge in [-0.25, -0.2) is 0 Å². The average molecular weight is 574 g/mol. The van der Waals surface area contributed by atoms with Crippen LogP contribution >= 0.6 is 0 Å². The van der Waals surface area contributed by atoms with Crippen LogP contribution < -0.4 is 0 Å². The van der Waals surface area contributed by atoms with Crippen molar-refractivity contribution in [2.75, 3.05) is 46.4 Å². The predicted molar refractivity (Wildman–Crippen MR) is 158 cm³/mol. The molecule has 0 aromatic rings. The molecule has 0 spiro atoms. The normalized spacial score (nSPS) is 45.8. The molecule has 0 N–H and O–H groups in total. The van der Waals surface area contributed by atoms with Crippen LogP contribution in [0, 0.1) is 34.5 Å². The molecule has 7 nitrogen and oxygen atoms in total. The van der Waals surface area contributed by atoms with Gasteiger partial charge in [0.05, 0.1) is 33.4 Å². The van der Waals surface area contributed by atoms with E-state index >= 15 is 0 Å². The van der Waals surface area contributed by atoms with Gasteiger partial charge in [-0.1, -0.05) is 20.8 Å². The number of carbonyl (C=O) groups excluding carboxylic acids is 2. The van der Waals surface area contributed by atoms with Crippen molar-refractivity contribution >= 4 is 11.9 Å². The molecule has 2 aliphatic heterocycles. The third-order valence-electron chi connectivity index (χ3n) is 13.5. The SMILES string of the molecule is CCCC(=O)O[C@H]1[C@@H]([N+]2(C)CCCC2)C[C@H]2[C@@H]3CC[C@H]4C[C@H](OC(C)=O)[C@@H](N5CCOCC5)C[C@]4(C)[C@H]3CC[C@@]21C. The van der Waals surface area contributed by atoms with Gasteiger partial charge in [0, 0.05) is 57.2 Å². The van der Waals surface area contributed by atoms with Crippen molar-refractivity contribution in [3.05, 3.63) is 0 Å². The first kappa shape index (κ1) is 29.9. The van der Waals surface area contributed by atoms with E-state index in [4.69, 9.17) is 14.2 Å². The molecule has 4 aliphatic carbocycles. The Morgan fingerprint density at radius 3 is 2.39 bits per heavy atom. The number of hydrogen-bond acceptors (Lipinski definition) is 6. The van der Waals surface area contributed by atoms with Crippen LogP contribution in [0.5, 0.6) is 0 Å². The molecule has 7 heteroatoms. The summed E-state index contributed by atoms with van der Waals surface area (Å²) in [6, 6.07) is 0.711. The number of fused-ring (bicyclic) bond motifs is 5. The van der Waals surface area contributed by atoms with Crippen molar-refractivity contribution in [3.8, 4) is 0 Å². The minimum Gasteiger partial charge on any atom is -0.461 e. The van der Waals surface area contributed by atoms with Gasteiger partial charge in [-0.3, -0.25) is 14.5 Å². The molecule has 6 rings (SSSR count). The van der Waals surface area contributed by atoms with Gasteiger partial charge in [0.2, 0.25) is 0 Å². The number of morpholine rings is 1. The zero-order valence-electron chi connectivity index (χ0n) is 26.6. The van der Waals surface area contributed by atoms with Gasteiger partial charge < -0.3 is 18.7 Å². The quantitative estimate of drug-likeness (QED) is 0.321. The third-order valence-corrected chi connectivity index (χ3v) is 13.5. The molecular formula is C34H57N2O5+. The van der Waals surface area contributed by atoms with Crippen molar-refractivity contribution in [3.63, 3.8) is 0 Å². The van der Waals surface area contributed by atoms with Gasteiger partial charge in [-0.05, 0) is 74.0 Å². The van der Waals surface area contributed by atoms with Crippen molar-refractivity contribution in [1.82, 2.24) is 4.90 Å². The van der Waals surface area contributed by atoms with Gasteiger partial charge >= 0.3 is 11.9 Å². The van der Waals surface area contributed by atoms with Crippen LogP contribution in [0.15, 0.2) is 0 Å². The first-order valence-corrected chi connectivity index (χ1v) is 17.1. The lowest BCUT2D eigenvalue weighted by Crippen LogP contribution is -2.61. The fraction of sp³-hybridized carbons (Fsp3) is 0.941. The minimum atomic E-state index is -0.141. The van der Waals surface area contributed by atoms with Crippen molar-refractivity contribution in [2.45, 2.75) is 123 Å². The Morgan fingerprint density at radius 1 is 0.976 bits per heavy atom. The van der Waals surface area contributed by atoms with Gasteiger partial charge in [-0.2, -0.15) is 0 Å². The second-order valence-electron chi connectivity index (χ2n) is 15.6. The molecule has 4 saturated carbocycles. The van der Waals surface area contributed by atoms with Gasteiger partial charge in [0.1, 0.15) is 12.1 Å². The fourth-order valence-electron chi connectivity index (χ4n) is 11.4. The van der Waals surface area contributed by atoms with E-state index in [1.54, 1.807) is 6.92 Å². The summed E-state index contributed by atoms with van der Waals surface area (Å²) < 4.78 is 19.4. The summed E-state index contributed by atoms with van der Waals surface area (Å²) >= 11 is 0. The van der Waals surface area contributed by atoms with E-state index in [-0.39, 0.29) is 41.0 Å². The zero-order valence-corrected chi connectivity index (χ0v) is 26.6. The Balaban J connectivity index is 1.28. The van der Waals surface area contributed by atoms with E-state index in [0.717, 1.165) is 56.5 Å². The number of ether oxygens (including phenoxy) is 3. The molecule has 2 saturated heterocycles. The van der Waals surface area contributed by atoms with Gasteiger partial charge in [0.25, 0.3) is 0 Å². The predicted octanol–water partition coefficient (Wildman–Crippen LogP) is 5.20. The van der Waals surface area contributed by atoms with Crippen LogP contribution in [0.1, 0.15) is 98.3 Å². The average Bonchev–Trinajstić information content (AvgIpc) is 3.51. The van der Waals surface area contributed by atoms with E-state index in [1.165, 1.54) is 51.6 Å². The lowest BCUT2D eigenvalue weighted by molar-refractivity contribution is -0.924. The molecule has 232 valence electrons. The fourth-order valence-corrected chi connectivity index (χ4v) is 11.4. The van der Waals surface area contributed by atoms with E-state index in [2.05, 4.69) is 32.7 Å². The number of esters is 2. The largest absolute Gasteiger partial charge is 0.461 e. The smallest absolute Gasteiger partial charge is 0.306 e. The summed E-state index contributed by atoms with van der Waals surface area (Å²) in [5.41, 5.74) is 0.323. The molecule has 0 aromatic heterocycles. The first-order valence-electron chi connectivity index (χ1n) is 17.1. The molecule has 0 radical (unpaired) electrons. The summed E-state index contributed by atoms with van der Waals surface area (Å²) in [6.07, 6.45) is 12.2. The highest BCUT2D eigenvalue weighted by Crippen LogP contribution is 2.67. The van der Waals surface area contributed by atoms with Crippen LogP contribution in [0.4, 0.5) is 0 Å². The maximum atomic E-state index is 13.0. The molecular weight excluding hydrogens is 516 g/mol. The van der Waals surface area contributed by atoms with Crippen molar-refractivity contribution in [1.29, 1.82) is 0 Å². The minimum absolute atomic E-state index is 0.00748. The summed E-state index contributed by atoms with van der Waals surface area (Å²) in [4.78, 5) is 27.8. The second-order valence-corrected chi connectivity index (χ2v) is 15.6. The maximum Gasteiger partial charge on any atom is 0.306 e. The number of likely N-dealkylation sites (N-methyl/N-ethyl adjacent to an activating group) is 1. The van der Waals surface area contributed by atoms with Gasteiger partial charge in [-0.15, -0.1) is 0 Å². The molecule has 2 heterocycles. The summed E-state index contributed by atoms with van der Waals surface area (Å²) in [7, 11) is 2.46. The number of rotatable bonds is 6. The first-order chi connectivity index (χ1) is 19.6. The lowest BCUT2D eigenvalue weighted by atomic mass is 9.44. The standard InChI is InChI=1S/C34H57N2O5/c1-6-9-31(38)41-32-29(36(5)16-7-8-17-36)21-27-25-11-10-24-20-30(40-23(2)37)28(35-14-18-39-19-15-35)22-34(24,4)26(25)12-13-33(27,32)3/h24-30,32H,6-22H2,1-5H3/q+1/t24-,25+,26-,27-,28-,29-,30-,32-,33-,34-/m0/s1. The number of likely N-dealkylation sites (tertiary alicyclic amines) is 1. The highest BCUT2D eigenvalue weighted by atomic mass is 16.5. The summed E-state index contributed by atoms with van der Waals surface area (Å²) in [6.45, 7) is 14.6. The number of carbonyl (C=O) groups is 2. The molecule has 0 unspecified atom stereocenters. The molecule has 0 amide bonds. The maximum absolute atomic E-state index is 13.0. The molecule has 41 heavy (non-hydrogen) atoms.